The second kappa shape index (κ2) is 5.71. The van der Waals surface area contributed by atoms with Crippen molar-refractivity contribution in [3.8, 4) is 0 Å². The van der Waals surface area contributed by atoms with E-state index in [4.69, 9.17) is 5.84 Å². The Morgan fingerprint density at radius 3 is 2.11 bits per heavy atom. The third kappa shape index (κ3) is 3.54. The van der Waals surface area contributed by atoms with Gasteiger partial charge in [-0.25, -0.2) is 15.8 Å². The van der Waals surface area contributed by atoms with E-state index in [9.17, 15) is 5.11 Å². The molecule has 108 valence electrons. The fourth-order valence-electron chi connectivity index (χ4n) is 1.46. The molecule has 0 aliphatic rings. The van der Waals surface area contributed by atoms with Crippen LogP contribution >= 0.6 is 0 Å². The Morgan fingerprint density at radius 2 is 1.68 bits per heavy atom. The molecule has 6 nitrogen and oxygen atoms in total. The van der Waals surface area contributed by atoms with Gasteiger partial charge in [0.25, 0.3) is 0 Å². The third-order valence-electron chi connectivity index (χ3n) is 3.30. The average molecular weight is 267 g/mol. The minimum Gasteiger partial charge on any atom is -0.391 e. The average Bonchev–Trinajstić information content (AvgIpc) is 2.30. The molecule has 1 heterocycles. The van der Waals surface area contributed by atoms with Crippen molar-refractivity contribution < 1.29 is 5.11 Å². The highest BCUT2D eigenvalue weighted by atomic mass is 16.3. The van der Waals surface area contributed by atoms with Crippen molar-refractivity contribution in [2.24, 2.45) is 5.84 Å². The van der Waals surface area contributed by atoms with Crippen LogP contribution in [0.5, 0.6) is 0 Å². The summed E-state index contributed by atoms with van der Waals surface area (Å²) in [6.45, 7) is 11.5. The predicted octanol–water partition coefficient (Wildman–Crippen LogP) is 1.77. The molecule has 0 saturated carbocycles. The van der Waals surface area contributed by atoms with Crippen molar-refractivity contribution in [2.45, 2.75) is 59.1 Å². The van der Waals surface area contributed by atoms with Gasteiger partial charge in [0.2, 0.25) is 0 Å². The fourth-order valence-corrected chi connectivity index (χ4v) is 1.46. The van der Waals surface area contributed by atoms with Crippen molar-refractivity contribution in [1.29, 1.82) is 0 Å². The number of anilines is 2. The van der Waals surface area contributed by atoms with E-state index in [1.807, 2.05) is 34.6 Å². The van der Waals surface area contributed by atoms with Crippen LogP contribution in [0.4, 0.5) is 11.6 Å². The zero-order valence-electron chi connectivity index (χ0n) is 12.6. The van der Waals surface area contributed by atoms with Gasteiger partial charge in [0, 0.05) is 11.5 Å². The van der Waals surface area contributed by atoms with Gasteiger partial charge in [-0.2, -0.15) is 0 Å². The van der Waals surface area contributed by atoms with Gasteiger partial charge in [-0.1, -0.05) is 13.8 Å². The Bertz CT molecular complexity index is 443. The van der Waals surface area contributed by atoms with Crippen LogP contribution in [0.15, 0.2) is 0 Å². The lowest BCUT2D eigenvalue weighted by Crippen LogP contribution is -2.42. The molecule has 0 aliphatic carbocycles. The maximum Gasteiger partial charge on any atom is 0.148 e. The van der Waals surface area contributed by atoms with Gasteiger partial charge >= 0.3 is 0 Å². The highest BCUT2D eigenvalue weighted by Gasteiger charge is 2.26. The van der Waals surface area contributed by atoms with Crippen LogP contribution in [-0.2, 0) is 0 Å². The van der Waals surface area contributed by atoms with Crippen molar-refractivity contribution in [2.75, 3.05) is 10.7 Å². The first-order chi connectivity index (χ1) is 8.69. The number of nitrogen functional groups attached to an aromatic ring is 1. The van der Waals surface area contributed by atoms with Crippen LogP contribution in [0.2, 0.25) is 0 Å². The molecule has 1 aromatic heterocycles. The molecule has 0 aromatic carbocycles. The van der Waals surface area contributed by atoms with E-state index in [0.29, 0.717) is 17.5 Å². The van der Waals surface area contributed by atoms with Gasteiger partial charge in [-0.15, -0.1) is 0 Å². The summed E-state index contributed by atoms with van der Waals surface area (Å²) in [5, 5.41) is 13.1. The van der Waals surface area contributed by atoms with Crippen LogP contribution in [0, 0.1) is 6.92 Å². The van der Waals surface area contributed by atoms with Crippen molar-refractivity contribution >= 4 is 11.6 Å². The summed E-state index contributed by atoms with van der Waals surface area (Å²) in [6, 6.07) is 0. The number of nitrogens with one attached hydrogen (secondary N) is 2. The lowest BCUT2D eigenvalue weighted by atomic mass is 9.98. The Kier molecular flexibility index (Phi) is 4.70. The Balaban J connectivity index is 3.22. The summed E-state index contributed by atoms with van der Waals surface area (Å²) in [4.78, 5) is 8.90. The molecule has 5 N–H and O–H groups in total. The first kappa shape index (κ1) is 15.7. The summed E-state index contributed by atoms with van der Waals surface area (Å²) in [7, 11) is 0. The molecular weight excluding hydrogens is 242 g/mol. The largest absolute Gasteiger partial charge is 0.391 e. The fraction of sp³-hybridized carbons (Fsp3) is 0.692. The van der Waals surface area contributed by atoms with Gasteiger partial charge in [-0.05, 0) is 27.7 Å². The van der Waals surface area contributed by atoms with Gasteiger partial charge in [0.1, 0.15) is 17.5 Å². The third-order valence-corrected chi connectivity index (χ3v) is 3.30. The van der Waals surface area contributed by atoms with Gasteiger partial charge in [-0.3, -0.25) is 0 Å². The normalized spacial score (nSPS) is 13.5. The van der Waals surface area contributed by atoms with Gasteiger partial charge < -0.3 is 15.8 Å². The molecule has 0 spiro atoms. The highest BCUT2D eigenvalue weighted by molar-refractivity contribution is 5.57. The number of aromatic nitrogens is 2. The number of aliphatic hydroxyl groups is 1. The maximum absolute atomic E-state index is 9.79. The molecule has 1 unspecified atom stereocenters. The van der Waals surface area contributed by atoms with E-state index in [0.717, 1.165) is 5.56 Å². The summed E-state index contributed by atoms with van der Waals surface area (Å²) >= 11 is 0. The smallest absolute Gasteiger partial charge is 0.148 e. The lowest BCUT2D eigenvalue weighted by molar-refractivity contribution is 0.133. The van der Waals surface area contributed by atoms with Crippen molar-refractivity contribution in [1.82, 2.24) is 9.97 Å². The number of hydrazine groups is 1. The highest BCUT2D eigenvalue weighted by Crippen LogP contribution is 2.26. The lowest BCUT2D eigenvalue weighted by Gasteiger charge is -2.31. The van der Waals surface area contributed by atoms with E-state index in [-0.39, 0.29) is 5.92 Å². The molecule has 6 heteroatoms. The number of hydrogen-bond donors (Lipinski definition) is 4. The van der Waals surface area contributed by atoms with Gasteiger partial charge in [0.05, 0.1) is 11.6 Å². The van der Waals surface area contributed by atoms with E-state index in [1.165, 1.54) is 0 Å². The number of nitrogens with two attached hydrogens (primary N) is 1. The summed E-state index contributed by atoms with van der Waals surface area (Å²) in [5.41, 5.74) is 2.94. The molecule has 1 atom stereocenters. The molecule has 1 aromatic rings. The van der Waals surface area contributed by atoms with E-state index in [2.05, 4.69) is 20.7 Å². The molecule has 1 rings (SSSR count). The molecule has 0 amide bonds. The molecule has 0 bridgehead atoms. The molecule has 0 saturated heterocycles. The van der Waals surface area contributed by atoms with Crippen molar-refractivity contribution in [3.05, 3.63) is 11.4 Å². The van der Waals surface area contributed by atoms with E-state index in [1.54, 1.807) is 6.92 Å². The Labute approximate surface area is 114 Å². The van der Waals surface area contributed by atoms with E-state index >= 15 is 0 Å². The monoisotopic (exact) mass is 267 g/mol. The first-order valence-corrected chi connectivity index (χ1v) is 6.50. The topological polar surface area (TPSA) is 96.1 Å². The minimum atomic E-state index is -0.515. The zero-order valence-corrected chi connectivity index (χ0v) is 12.6. The Hall–Kier alpha value is -1.40. The van der Waals surface area contributed by atoms with Crippen LogP contribution in [0.1, 0.15) is 51.9 Å². The van der Waals surface area contributed by atoms with Crippen LogP contribution in [-0.4, -0.2) is 26.7 Å². The Morgan fingerprint density at radius 1 is 1.16 bits per heavy atom. The number of aliphatic hydroxyl groups excluding tert-OH is 1. The summed E-state index contributed by atoms with van der Waals surface area (Å²) < 4.78 is 0. The molecule has 0 aliphatic heterocycles. The molecule has 19 heavy (non-hydrogen) atoms. The standard InChI is InChI=1S/C13H25N5O/c1-7(2)10-15-11(8(3)12(16-10)18-14)17-13(5,6)9(4)19/h7,9,19H,14H2,1-6H3,(H2,15,16,17,18). The minimum absolute atomic E-state index is 0.197. The first-order valence-electron chi connectivity index (χ1n) is 6.50. The number of nitrogens with zero attached hydrogens (tertiary/aromatic N) is 2. The predicted molar refractivity (Wildman–Crippen MR) is 78.1 cm³/mol. The number of hydrogen-bond acceptors (Lipinski definition) is 6. The summed E-state index contributed by atoms with van der Waals surface area (Å²) in [5.74, 6) is 7.69. The second-order valence-corrected chi connectivity index (χ2v) is 5.73. The van der Waals surface area contributed by atoms with Crippen molar-refractivity contribution in [3.63, 3.8) is 0 Å². The SMILES string of the molecule is Cc1c(NN)nc(C(C)C)nc1NC(C)(C)C(C)O. The maximum atomic E-state index is 9.79. The summed E-state index contributed by atoms with van der Waals surface area (Å²) in [6.07, 6.45) is -0.515. The van der Waals surface area contributed by atoms with Crippen LogP contribution in [0.3, 0.4) is 0 Å². The van der Waals surface area contributed by atoms with Crippen LogP contribution in [0.25, 0.3) is 0 Å². The van der Waals surface area contributed by atoms with Gasteiger partial charge in [0.15, 0.2) is 0 Å². The number of rotatable bonds is 5. The zero-order chi connectivity index (χ0) is 14.8. The molecule has 0 fully saturated rings. The van der Waals surface area contributed by atoms with E-state index < -0.39 is 11.6 Å². The van der Waals surface area contributed by atoms with Crippen LogP contribution < -0.4 is 16.6 Å². The molecule has 0 radical (unpaired) electrons. The molecular formula is C13H25N5O. The quantitative estimate of drug-likeness (QED) is 0.479. The second-order valence-electron chi connectivity index (χ2n) is 5.73.